The van der Waals surface area contributed by atoms with Gasteiger partial charge in [0.1, 0.15) is 5.60 Å². The summed E-state index contributed by atoms with van der Waals surface area (Å²) in [7, 11) is 0. The maximum absolute atomic E-state index is 14.1. The molecule has 7 nitrogen and oxygen atoms in total. The van der Waals surface area contributed by atoms with Crippen LogP contribution in [0.1, 0.15) is 66.4 Å². The molecule has 49 heavy (non-hydrogen) atoms. The normalized spacial score (nSPS) is 18.7. The van der Waals surface area contributed by atoms with Crippen molar-refractivity contribution < 1.29 is 40.7 Å². The van der Waals surface area contributed by atoms with E-state index >= 15 is 0 Å². The van der Waals surface area contributed by atoms with E-state index in [2.05, 4.69) is 9.88 Å². The standard InChI is InChI=1S/C36H34F6N4O3/c1-34(2,3)49-33(48)46-19-24(29-8-4-5-10-31(29)46)16-28-20-44-18-22(30-9-6-7-13-43-30)11-12-27(44)21-45(28)32(47)23-14-25(35(37,38)39)17-26(15-23)36(40,41)42/h4-10,13-15,17-19,27-28H,11-12,16,20-21H2,1-3H3/t27-,28-/m1/s1. The predicted molar refractivity (Wildman–Crippen MR) is 170 cm³/mol. The van der Waals surface area contributed by atoms with Gasteiger partial charge in [0.05, 0.1) is 28.4 Å². The topological polar surface area (TPSA) is 67.7 Å². The number of aromatic nitrogens is 2. The van der Waals surface area contributed by atoms with Crippen molar-refractivity contribution in [1.29, 1.82) is 0 Å². The lowest BCUT2D eigenvalue weighted by Crippen LogP contribution is -2.59. The molecule has 13 heteroatoms. The lowest BCUT2D eigenvalue weighted by atomic mass is 9.91. The number of hydrogen-bond donors (Lipinski definition) is 0. The maximum Gasteiger partial charge on any atom is 0.419 e. The number of halogens is 6. The number of nitrogens with zero attached hydrogens (tertiary/aromatic N) is 4. The summed E-state index contributed by atoms with van der Waals surface area (Å²) in [5.41, 5.74) is -1.60. The SMILES string of the molecule is CC(C)(C)OC(=O)n1cc(C[C@@H]2CN3C=C(c4ccccn4)CC[C@@H]3CN2C(=O)c2cc(C(F)(F)F)cc(C(F)(F)F)c2)c2ccccc21. The minimum atomic E-state index is -5.10. The average Bonchev–Trinajstić information content (AvgIpc) is 3.41. The number of benzene rings is 2. The Labute approximate surface area is 278 Å². The first-order valence-electron chi connectivity index (χ1n) is 15.8. The number of rotatable bonds is 4. The van der Waals surface area contributed by atoms with Gasteiger partial charge in [-0.3, -0.25) is 14.3 Å². The molecule has 0 spiro atoms. The van der Waals surface area contributed by atoms with Crippen LogP contribution in [-0.2, 0) is 23.5 Å². The van der Waals surface area contributed by atoms with Crippen LogP contribution in [0.15, 0.2) is 79.3 Å². The van der Waals surface area contributed by atoms with Gasteiger partial charge in [0.2, 0.25) is 0 Å². The third-order valence-electron chi connectivity index (χ3n) is 8.74. The van der Waals surface area contributed by atoms with Crippen LogP contribution in [0.3, 0.4) is 0 Å². The minimum absolute atomic E-state index is 0.0167. The largest absolute Gasteiger partial charge is 0.443 e. The fourth-order valence-corrected chi connectivity index (χ4v) is 6.52. The second-order valence-corrected chi connectivity index (χ2v) is 13.4. The van der Waals surface area contributed by atoms with Crippen molar-refractivity contribution in [3.8, 4) is 0 Å². The number of fused-ring (bicyclic) bond motifs is 2. The van der Waals surface area contributed by atoms with Crippen molar-refractivity contribution in [1.82, 2.24) is 19.4 Å². The van der Waals surface area contributed by atoms with E-state index in [1.807, 2.05) is 30.5 Å². The molecule has 0 radical (unpaired) electrons. The van der Waals surface area contributed by atoms with Crippen LogP contribution in [-0.4, -0.2) is 62.1 Å². The Kier molecular flexibility index (Phi) is 8.74. The zero-order chi connectivity index (χ0) is 35.3. The second-order valence-electron chi connectivity index (χ2n) is 13.4. The lowest BCUT2D eigenvalue weighted by Gasteiger charge is -2.48. The van der Waals surface area contributed by atoms with E-state index < -0.39 is 52.7 Å². The first-order valence-corrected chi connectivity index (χ1v) is 15.8. The zero-order valence-corrected chi connectivity index (χ0v) is 27.0. The van der Waals surface area contributed by atoms with Gasteiger partial charge in [0.25, 0.3) is 5.91 Å². The highest BCUT2D eigenvalue weighted by Crippen LogP contribution is 2.38. The molecule has 1 amide bonds. The van der Waals surface area contributed by atoms with Crippen molar-refractivity contribution in [3.05, 3.63) is 107 Å². The van der Waals surface area contributed by atoms with E-state index in [0.717, 1.165) is 11.3 Å². The predicted octanol–water partition coefficient (Wildman–Crippen LogP) is 8.43. The van der Waals surface area contributed by atoms with Gasteiger partial charge in [-0.25, -0.2) is 4.79 Å². The molecule has 0 unspecified atom stereocenters. The van der Waals surface area contributed by atoms with Crippen LogP contribution in [0.4, 0.5) is 31.1 Å². The Bertz CT molecular complexity index is 1880. The van der Waals surface area contributed by atoms with Gasteiger partial charge < -0.3 is 14.5 Å². The van der Waals surface area contributed by atoms with E-state index in [4.69, 9.17) is 4.74 Å². The van der Waals surface area contributed by atoms with Gasteiger partial charge >= 0.3 is 18.4 Å². The molecular weight excluding hydrogens is 650 g/mol. The number of carbonyl (C=O) groups is 2. The van der Waals surface area contributed by atoms with Crippen molar-refractivity contribution in [2.24, 2.45) is 0 Å². The smallest absolute Gasteiger partial charge is 0.419 e. The summed E-state index contributed by atoms with van der Waals surface area (Å²) in [6, 6.07) is 12.7. The number of piperazine rings is 1. The van der Waals surface area contributed by atoms with Crippen LogP contribution in [0.5, 0.6) is 0 Å². The molecule has 6 rings (SSSR count). The molecule has 0 N–H and O–H groups in total. The Morgan fingerprint density at radius 2 is 1.57 bits per heavy atom. The van der Waals surface area contributed by atoms with Crippen LogP contribution < -0.4 is 0 Å². The molecule has 2 aliphatic heterocycles. The highest BCUT2D eigenvalue weighted by atomic mass is 19.4. The monoisotopic (exact) mass is 684 g/mol. The zero-order valence-electron chi connectivity index (χ0n) is 27.0. The molecule has 2 aromatic carbocycles. The fraction of sp³-hybridized carbons (Fsp3) is 0.361. The lowest BCUT2D eigenvalue weighted by molar-refractivity contribution is -0.143. The highest BCUT2D eigenvalue weighted by Gasteiger charge is 2.41. The summed E-state index contributed by atoms with van der Waals surface area (Å²) in [5.74, 6) is -0.934. The summed E-state index contributed by atoms with van der Waals surface area (Å²) in [4.78, 5) is 35.2. The summed E-state index contributed by atoms with van der Waals surface area (Å²) in [5, 5.41) is 0.699. The molecular formula is C36H34F6N4O3. The molecule has 4 aromatic rings. The van der Waals surface area contributed by atoms with E-state index in [-0.39, 0.29) is 31.6 Å². The van der Waals surface area contributed by atoms with Crippen LogP contribution in [0.2, 0.25) is 0 Å². The molecule has 258 valence electrons. The number of para-hydroxylation sites is 1. The first-order chi connectivity index (χ1) is 23.0. The van der Waals surface area contributed by atoms with Gasteiger partial charge in [-0.1, -0.05) is 24.3 Å². The van der Waals surface area contributed by atoms with Crippen molar-refractivity contribution in [2.45, 2.75) is 70.1 Å². The summed E-state index contributed by atoms with van der Waals surface area (Å²) < 4.78 is 89.6. The summed E-state index contributed by atoms with van der Waals surface area (Å²) in [6.45, 7) is 5.52. The van der Waals surface area contributed by atoms with Gasteiger partial charge in [-0.15, -0.1) is 0 Å². The van der Waals surface area contributed by atoms with Crippen molar-refractivity contribution in [2.75, 3.05) is 13.1 Å². The molecule has 2 aromatic heterocycles. The van der Waals surface area contributed by atoms with Crippen molar-refractivity contribution >= 4 is 28.5 Å². The number of carbonyl (C=O) groups excluding carboxylic acids is 2. The second kappa shape index (κ2) is 12.6. The fourth-order valence-electron chi connectivity index (χ4n) is 6.52. The molecule has 0 aliphatic carbocycles. The molecule has 2 aliphatic rings. The molecule has 2 atom stereocenters. The van der Waals surface area contributed by atoms with Crippen LogP contribution in [0, 0.1) is 0 Å². The number of pyridine rings is 1. The molecule has 0 bridgehead atoms. The maximum atomic E-state index is 14.1. The van der Waals surface area contributed by atoms with E-state index in [0.29, 0.717) is 41.4 Å². The first kappa shape index (κ1) is 34.1. The van der Waals surface area contributed by atoms with Crippen molar-refractivity contribution in [3.63, 3.8) is 0 Å². The van der Waals surface area contributed by atoms with Gasteiger partial charge in [0, 0.05) is 48.7 Å². The third kappa shape index (κ3) is 7.30. The Hall–Kier alpha value is -4.81. The molecule has 1 saturated heterocycles. The number of amides is 1. The Morgan fingerprint density at radius 3 is 2.20 bits per heavy atom. The number of hydrogen-bond acceptors (Lipinski definition) is 5. The van der Waals surface area contributed by atoms with Gasteiger partial charge in [0.15, 0.2) is 0 Å². The summed E-state index contributed by atoms with van der Waals surface area (Å²) >= 11 is 0. The van der Waals surface area contributed by atoms with Gasteiger partial charge in [-0.05, 0) is 87.6 Å². The molecule has 4 heterocycles. The summed E-state index contributed by atoms with van der Waals surface area (Å²) in [6.07, 6.45) is -4.18. The van der Waals surface area contributed by atoms with Gasteiger partial charge in [-0.2, -0.15) is 26.3 Å². The third-order valence-corrected chi connectivity index (χ3v) is 8.74. The number of alkyl halides is 6. The average molecular weight is 685 g/mol. The number of ether oxygens (including phenoxy) is 1. The highest BCUT2D eigenvalue weighted by molar-refractivity contribution is 5.95. The minimum Gasteiger partial charge on any atom is -0.443 e. The Balaban J connectivity index is 1.41. The Morgan fingerprint density at radius 1 is 0.898 bits per heavy atom. The van der Waals surface area contributed by atoms with E-state index in [9.17, 15) is 35.9 Å². The molecule has 0 saturated carbocycles. The van der Waals surface area contributed by atoms with Crippen LogP contribution in [0.25, 0.3) is 16.5 Å². The van der Waals surface area contributed by atoms with E-state index in [1.165, 1.54) is 9.47 Å². The molecule has 1 fully saturated rings. The van der Waals surface area contributed by atoms with E-state index in [1.54, 1.807) is 51.4 Å². The van der Waals surface area contributed by atoms with Crippen LogP contribution >= 0.6 is 0 Å². The number of allylic oxidation sites excluding steroid dienone is 1. The quantitative estimate of drug-likeness (QED) is 0.202.